The van der Waals surface area contributed by atoms with Crippen LogP contribution in [0, 0.1) is 5.82 Å². The maximum absolute atomic E-state index is 14.5. The number of nitrogens with zero attached hydrogens (tertiary/aromatic N) is 2. The van der Waals surface area contributed by atoms with Crippen molar-refractivity contribution in [2.24, 2.45) is 0 Å². The van der Waals surface area contributed by atoms with Crippen LogP contribution in [0.2, 0.25) is 0 Å². The van der Waals surface area contributed by atoms with Gasteiger partial charge in [0.25, 0.3) is 11.8 Å². The molecule has 0 unspecified atom stereocenters. The second-order valence-corrected chi connectivity index (χ2v) is 9.97. The van der Waals surface area contributed by atoms with Gasteiger partial charge in [0.2, 0.25) is 0 Å². The molecule has 0 aromatic heterocycles. The third-order valence-electron chi connectivity index (χ3n) is 5.96. The molecule has 4 rings (SSSR count). The Morgan fingerprint density at radius 3 is 1.73 bits per heavy atom. The Labute approximate surface area is 210 Å². The molecule has 0 atom stereocenters. The highest BCUT2D eigenvalue weighted by Gasteiger charge is 2.48. The molecule has 0 aliphatic carbocycles. The predicted octanol–water partition coefficient (Wildman–Crippen LogP) is 6.76. The summed E-state index contributed by atoms with van der Waals surface area (Å²) in [5, 5.41) is 0. The van der Waals surface area contributed by atoms with E-state index in [4.69, 9.17) is 0 Å². The molecule has 2 amide bonds. The van der Waals surface area contributed by atoms with Crippen LogP contribution in [0.15, 0.2) is 62.6 Å². The number of amides is 2. The van der Waals surface area contributed by atoms with Gasteiger partial charge in [0, 0.05) is 23.1 Å². The monoisotopic (exact) mass is 574 g/mol. The van der Waals surface area contributed by atoms with Crippen molar-refractivity contribution in [2.75, 3.05) is 13.1 Å². The first kappa shape index (κ1) is 23.9. The molecule has 0 radical (unpaired) electrons. The van der Waals surface area contributed by atoms with E-state index in [0.29, 0.717) is 45.7 Å². The second-order valence-electron chi connectivity index (χ2n) is 8.20. The van der Waals surface area contributed by atoms with E-state index in [9.17, 15) is 14.0 Å². The Morgan fingerprint density at radius 2 is 1.24 bits per heavy atom. The molecule has 0 N–H and O–H groups in total. The van der Waals surface area contributed by atoms with E-state index in [1.165, 1.54) is 6.07 Å². The van der Waals surface area contributed by atoms with E-state index in [-0.39, 0.29) is 11.8 Å². The van der Waals surface area contributed by atoms with Crippen molar-refractivity contribution in [3.8, 4) is 0 Å². The first-order valence-corrected chi connectivity index (χ1v) is 12.8. The fourth-order valence-electron chi connectivity index (χ4n) is 4.31. The molecule has 33 heavy (non-hydrogen) atoms. The Bertz CT molecular complexity index is 1170. The maximum Gasteiger partial charge on any atom is 0.261 e. The third kappa shape index (κ3) is 4.33. The fourth-order valence-corrected chi connectivity index (χ4v) is 4.82. The van der Waals surface area contributed by atoms with Crippen molar-refractivity contribution in [1.82, 2.24) is 9.80 Å². The molecule has 0 saturated carbocycles. The molecular formula is C26H25Br2FN2O2. The summed E-state index contributed by atoms with van der Waals surface area (Å²) in [6.45, 7) is 5.13. The molecule has 2 aromatic carbocycles. The minimum Gasteiger partial charge on any atom is -0.307 e. The van der Waals surface area contributed by atoms with Crippen molar-refractivity contribution in [1.29, 1.82) is 0 Å². The first-order chi connectivity index (χ1) is 15.9. The number of carbonyl (C=O) groups is 2. The first-order valence-electron chi connectivity index (χ1n) is 11.2. The van der Waals surface area contributed by atoms with Gasteiger partial charge in [-0.25, -0.2) is 4.39 Å². The number of unbranched alkanes of at least 4 members (excludes halogenated alkanes) is 2. The predicted molar refractivity (Wildman–Crippen MR) is 135 cm³/mol. The highest BCUT2D eigenvalue weighted by molar-refractivity contribution is 9.10. The SMILES string of the molecule is CCCCN1C(=O)C2=C(c3ccc(Br)c(F)c3)N(CCCC)C(=O)C2=C1c1ccc(Br)cc1. The summed E-state index contributed by atoms with van der Waals surface area (Å²) in [6, 6.07) is 12.4. The lowest BCUT2D eigenvalue weighted by atomic mass is 10.0. The number of fused-ring (bicyclic) bond motifs is 1. The highest BCUT2D eigenvalue weighted by atomic mass is 79.9. The minimum absolute atomic E-state index is 0.193. The lowest BCUT2D eigenvalue weighted by Gasteiger charge is -2.25. The zero-order valence-electron chi connectivity index (χ0n) is 18.6. The normalized spacial score (nSPS) is 15.9. The maximum atomic E-state index is 14.5. The summed E-state index contributed by atoms with van der Waals surface area (Å²) in [4.78, 5) is 30.9. The molecule has 0 fully saturated rings. The topological polar surface area (TPSA) is 40.6 Å². The van der Waals surface area contributed by atoms with Crippen LogP contribution < -0.4 is 0 Å². The third-order valence-corrected chi connectivity index (χ3v) is 7.13. The minimum atomic E-state index is -0.428. The van der Waals surface area contributed by atoms with Crippen molar-refractivity contribution < 1.29 is 14.0 Å². The highest BCUT2D eigenvalue weighted by Crippen LogP contribution is 2.47. The summed E-state index contributed by atoms with van der Waals surface area (Å²) in [7, 11) is 0. The lowest BCUT2D eigenvalue weighted by molar-refractivity contribution is -0.124. The fraction of sp³-hybridized carbons (Fsp3) is 0.308. The van der Waals surface area contributed by atoms with Crippen LogP contribution >= 0.6 is 31.9 Å². The quantitative estimate of drug-likeness (QED) is 0.349. The van der Waals surface area contributed by atoms with Gasteiger partial charge in [0.15, 0.2) is 0 Å². The number of rotatable bonds is 8. The molecular weight excluding hydrogens is 551 g/mol. The van der Waals surface area contributed by atoms with Gasteiger partial charge in [-0.2, -0.15) is 0 Å². The summed E-state index contributed by atoms with van der Waals surface area (Å²) < 4.78 is 15.8. The standard InChI is InChI=1S/C26H25Br2FN2O2/c1-3-5-13-30-23(16-7-10-18(27)11-8-16)21-22(26(30)33)24(31(25(21)32)14-6-4-2)17-9-12-19(28)20(29)15-17/h7-12,15H,3-6,13-14H2,1-2H3. The second kappa shape index (κ2) is 9.94. The molecule has 0 spiro atoms. The Hall–Kier alpha value is -2.25. The molecule has 4 nitrogen and oxygen atoms in total. The summed E-state index contributed by atoms with van der Waals surface area (Å²) >= 11 is 6.66. The Balaban J connectivity index is 1.97. The molecule has 2 aliphatic heterocycles. The van der Waals surface area contributed by atoms with Crippen LogP contribution in [0.3, 0.4) is 0 Å². The van der Waals surface area contributed by atoms with E-state index in [1.807, 2.05) is 24.3 Å². The smallest absolute Gasteiger partial charge is 0.261 e. The number of hydrogen-bond acceptors (Lipinski definition) is 2. The molecule has 0 bridgehead atoms. The molecule has 0 saturated heterocycles. The average molecular weight is 576 g/mol. The van der Waals surface area contributed by atoms with E-state index in [2.05, 4.69) is 45.7 Å². The van der Waals surface area contributed by atoms with Crippen LogP contribution in [0.25, 0.3) is 11.4 Å². The number of benzene rings is 2. The van der Waals surface area contributed by atoms with Gasteiger partial charge in [-0.15, -0.1) is 0 Å². The molecule has 2 heterocycles. The number of halogens is 3. The zero-order valence-corrected chi connectivity index (χ0v) is 21.8. The van der Waals surface area contributed by atoms with E-state index >= 15 is 0 Å². The Kier molecular flexibility index (Phi) is 7.19. The van der Waals surface area contributed by atoms with Gasteiger partial charge in [-0.3, -0.25) is 9.59 Å². The molecule has 7 heteroatoms. The van der Waals surface area contributed by atoms with E-state index in [1.54, 1.807) is 21.9 Å². The van der Waals surface area contributed by atoms with Crippen LogP contribution in [0.1, 0.15) is 50.7 Å². The van der Waals surface area contributed by atoms with Crippen molar-refractivity contribution >= 4 is 55.1 Å². The van der Waals surface area contributed by atoms with Gasteiger partial charge in [0.1, 0.15) is 5.82 Å². The molecule has 172 valence electrons. The zero-order chi connectivity index (χ0) is 23.7. The van der Waals surface area contributed by atoms with Crippen LogP contribution in [0.5, 0.6) is 0 Å². The van der Waals surface area contributed by atoms with Gasteiger partial charge < -0.3 is 9.80 Å². The number of carbonyl (C=O) groups excluding carboxylic acids is 2. The van der Waals surface area contributed by atoms with Gasteiger partial charge in [-0.05, 0) is 58.6 Å². The summed E-state index contributed by atoms with van der Waals surface area (Å²) in [5.74, 6) is -0.813. The van der Waals surface area contributed by atoms with Gasteiger partial charge >= 0.3 is 0 Å². The van der Waals surface area contributed by atoms with Crippen molar-refractivity contribution in [2.45, 2.75) is 39.5 Å². The van der Waals surface area contributed by atoms with E-state index < -0.39 is 5.82 Å². The lowest BCUT2D eigenvalue weighted by Crippen LogP contribution is -2.31. The number of hydrogen-bond donors (Lipinski definition) is 0. The van der Waals surface area contributed by atoms with Crippen LogP contribution in [0.4, 0.5) is 4.39 Å². The van der Waals surface area contributed by atoms with Gasteiger partial charge in [0.05, 0.1) is 27.0 Å². The summed E-state index contributed by atoms with van der Waals surface area (Å²) in [6.07, 6.45) is 3.43. The average Bonchev–Trinajstić information content (AvgIpc) is 3.25. The van der Waals surface area contributed by atoms with Crippen molar-refractivity contribution in [3.05, 3.63) is 79.5 Å². The van der Waals surface area contributed by atoms with Crippen molar-refractivity contribution in [3.63, 3.8) is 0 Å². The molecule has 2 aliphatic rings. The van der Waals surface area contributed by atoms with Crippen LogP contribution in [-0.2, 0) is 9.59 Å². The Morgan fingerprint density at radius 1 is 0.758 bits per heavy atom. The van der Waals surface area contributed by atoms with E-state index in [0.717, 1.165) is 35.7 Å². The molecule has 2 aromatic rings. The summed E-state index contributed by atoms with van der Waals surface area (Å²) in [5.41, 5.74) is 3.31. The largest absolute Gasteiger partial charge is 0.307 e. The van der Waals surface area contributed by atoms with Gasteiger partial charge in [-0.1, -0.05) is 60.8 Å². The van der Waals surface area contributed by atoms with Crippen LogP contribution in [-0.4, -0.2) is 34.7 Å².